The summed E-state index contributed by atoms with van der Waals surface area (Å²) < 4.78 is 2.85. The molecule has 1 aromatic carbocycles. The van der Waals surface area contributed by atoms with Crippen molar-refractivity contribution in [1.29, 1.82) is 0 Å². The molecule has 3 aromatic rings. The van der Waals surface area contributed by atoms with Crippen LogP contribution in [0.25, 0.3) is 0 Å². The summed E-state index contributed by atoms with van der Waals surface area (Å²) in [5.74, 6) is 0. The first kappa shape index (κ1) is 16.2. The van der Waals surface area contributed by atoms with Gasteiger partial charge in [0.1, 0.15) is 0 Å². The zero-order valence-electron chi connectivity index (χ0n) is 14.1. The van der Waals surface area contributed by atoms with Gasteiger partial charge in [-0.05, 0) is 24.5 Å². The van der Waals surface area contributed by atoms with Crippen LogP contribution in [0.1, 0.15) is 42.8 Å². The van der Waals surface area contributed by atoms with E-state index in [-0.39, 0.29) is 6.03 Å². The standard InChI is InChI=1S/C19H22N4O/c1-3-9-17-16(14-15-10-6-5-7-11-15)18(4-2)23(21-17)19(24)22-13-8-12-20-22/h5-8,10-13H,3-4,9,14H2,1-2H3. The molecular formula is C19H22N4O. The van der Waals surface area contributed by atoms with Crippen molar-refractivity contribution in [1.82, 2.24) is 19.6 Å². The largest absolute Gasteiger partial charge is 0.369 e. The summed E-state index contributed by atoms with van der Waals surface area (Å²) in [6.07, 6.45) is 6.68. The molecule has 2 aromatic heterocycles. The third-order valence-corrected chi connectivity index (χ3v) is 4.10. The molecule has 0 bridgehead atoms. The molecule has 0 fully saturated rings. The third-order valence-electron chi connectivity index (χ3n) is 4.10. The van der Waals surface area contributed by atoms with E-state index < -0.39 is 0 Å². The monoisotopic (exact) mass is 322 g/mol. The van der Waals surface area contributed by atoms with E-state index in [2.05, 4.69) is 36.2 Å². The summed E-state index contributed by atoms with van der Waals surface area (Å²) in [7, 11) is 0. The molecule has 0 N–H and O–H groups in total. The highest BCUT2D eigenvalue weighted by atomic mass is 16.2. The number of aryl methyl sites for hydroxylation is 1. The van der Waals surface area contributed by atoms with Crippen LogP contribution >= 0.6 is 0 Å². The summed E-state index contributed by atoms with van der Waals surface area (Å²) in [4.78, 5) is 12.7. The fourth-order valence-electron chi connectivity index (χ4n) is 2.98. The van der Waals surface area contributed by atoms with Crippen LogP contribution in [0.3, 0.4) is 0 Å². The lowest BCUT2D eigenvalue weighted by atomic mass is 10.00. The first-order chi connectivity index (χ1) is 11.7. The number of rotatable bonds is 5. The molecule has 0 spiro atoms. The molecule has 24 heavy (non-hydrogen) atoms. The lowest BCUT2D eigenvalue weighted by Crippen LogP contribution is -2.23. The van der Waals surface area contributed by atoms with Gasteiger partial charge in [0.05, 0.1) is 11.4 Å². The Morgan fingerprint density at radius 3 is 2.54 bits per heavy atom. The first-order valence-electron chi connectivity index (χ1n) is 8.42. The Balaban J connectivity index is 2.04. The molecule has 3 rings (SSSR count). The zero-order valence-corrected chi connectivity index (χ0v) is 14.1. The summed E-state index contributed by atoms with van der Waals surface area (Å²) in [6.45, 7) is 4.19. The Morgan fingerprint density at radius 2 is 1.92 bits per heavy atom. The minimum Gasteiger partial charge on any atom is -0.244 e. The van der Waals surface area contributed by atoms with Crippen LogP contribution in [0.5, 0.6) is 0 Å². The van der Waals surface area contributed by atoms with Gasteiger partial charge in [0.2, 0.25) is 0 Å². The van der Waals surface area contributed by atoms with Crippen molar-refractivity contribution in [3.8, 4) is 0 Å². The van der Waals surface area contributed by atoms with Crippen molar-refractivity contribution in [2.45, 2.75) is 39.5 Å². The van der Waals surface area contributed by atoms with Gasteiger partial charge in [-0.15, -0.1) is 0 Å². The second kappa shape index (κ2) is 7.25. The molecule has 0 saturated carbocycles. The molecule has 0 radical (unpaired) electrons. The highest BCUT2D eigenvalue weighted by Crippen LogP contribution is 2.21. The van der Waals surface area contributed by atoms with Crippen LogP contribution in [0.4, 0.5) is 4.79 Å². The Kier molecular flexibility index (Phi) is 4.89. The molecule has 0 aliphatic carbocycles. The predicted molar refractivity (Wildman–Crippen MR) is 93.3 cm³/mol. The fourth-order valence-corrected chi connectivity index (χ4v) is 2.98. The number of benzene rings is 1. The lowest BCUT2D eigenvalue weighted by Gasteiger charge is -2.07. The maximum Gasteiger partial charge on any atom is 0.369 e. The van der Waals surface area contributed by atoms with Crippen LogP contribution in [-0.2, 0) is 19.3 Å². The third kappa shape index (κ3) is 3.15. The van der Waals surface area contributed by atoms with Crippen LogP contribution in [0, 0.1) is 0 Å². The maximum absolute atomic E-state index is 12.7. The Labute approximate surface area is 141 Å². The Morgan fingerprint density at radius 1 is 1.12 bits per heavy atom. The second-order valence-corrected chi connectivity index (χ2v) is 5.78. The predicted octanol–water partition coefficient (Wildman–Crippen LogP) is 3.70. The molecule has 0 amide bonds. The second-order valence-electron chi connectivity index (χ2n) is 5.78. The number of aromatic nitrogens is 4. The quantitative estimate of drug-likeness (QED) is 0.719. The van der Waals surface area contributed by atoms with E-state index in [4.69, 9.17) is 0 Å². The number of carbonyl (C=O) groups is 1. The highest BCUT2D eigenvalue weighted by molar-refractivity contribution is 5.78. The van der Waals surface area contributed by atoms with Gasteiger partial charge in [-0.2, -0.15) is 19.6 Å². The van der Waals surface area contributed by atoms with Gasteiger partial charge in [-0.25, -0.2) is 4.79 Å². The van der Waals surface area contributed by atoms with E-state index in [1.807, 2.05) is 18.2 Å². The van der Waals surface area contributed by atoms with Crippen LogP contribution in [0.15, 0.2) is 48.8 Å². The van der Waals surface area contributed by atoms with Crippen molar-refractivity contribution < 1.29 is 4.79 Å². The van der Waals surface area contributed by atoms with E-state index in [1.54, 1.807) is 18.5 Å². The van der Waals surface area contributed by atoms with Gasteiger partial charge in [0.25, 0.3) is 0 Å². The molecular weight excluding hydrogens is 300 g/mol. The number of hydrogen-bond acceptors (Lipinski definition) is 3. The molecule has 0 unspecified atom stereocenters. The van der Waals surface area contributed by atoms with Crippen molar-refractivity contribution in [3.63, 3.8) is 0 Å². The number of carbonyl (C=O) groups excluding carboxylic acids is 1. The van der Waals surface area contributed by atoms with Gasteiger partial charge in [0.15, 0.2) is 0 Å². The van der Waals surface area contributed by atoms with Crippen molar-refractivity contribution in [3.05, 3.63) is 71.3 Å². The average Bonchev–Trinajstić information content (AvgIpc) is 3.24. The topological polar surface area (TPSA) is 52.7 Å². The van der Waals surface area contributed by atoms with Crippen LogP contribution < -0.4 is 0 Å². The zero-order chi connectivity index (χ0) is 16.9. The molecule has 5 heteroatoms. The van der Waals surface area contributed by atoms with Crippen molar-refractivity contribution in [2.75, 3.05) is 0 Å². The molecule has 0 atom stereocenters. The molecule has 5 nitrogen and oxygen atoms in total. The minimum absolute atomic E-state index is 0.228. The van der Waals surface area contributed by atoms with E-state index >= 15 is 0 Å². The molecule has 0 aliphatic heterocycles. The normalized spacial score (nSPS) is 10.9. The van der Waals surface area contributed by atoms with E-state index in [0.717, 1.165) is 37.1 Å². The van der Waals surface area contributed by atoms with Gasteiger partial charge < -0.3 is 0 Å². The highest BCUT2D eigenvalue weighted by Gasteiger charge is 2.21. The van der Waals surface area contributed by atoms with E-state index in [9.17, 15) is 4.79 Å². The van der Waals surface area contributed by atoms with Crippen LogP contribution in [-0.4, -0.2) is 25.6 Å². The smallest absolute Gasteiger partial charge is 0.244 e. The van der Waals surface area contributed by atoms with Crippen molar-refractivity contribution in [2.24, 2.45) is 0 Å². The fraction of sp³-hybridized carbons (Fsp3) is 0.316. The Hall–Kier alpha value is -2.69. The van der Waals surface area contributed by atoms with Gasteiger partial charge in [-0.3, -0.25) is 0 Å². The molecule has 124 valence electrons. The Bertz CT molecular complexity index is 804. The molecule has 0 aliphatic rings. The van der Waals surface area contributed by atoms with Gasteiger partial charge >= 0.3 is 6.03 Å². The van der Waals surface area contributed by atoms with E-state index in [0.29, 0.717) is 0 Å². The average molecular weight is 322 g/mol. The first-order valence-corrected chi connectivity index (χ1v) is 8.42. The molecule has 2 heterocycles. The van der Waals surface area contributed by atoms with E-state index in [1.165, 1.54) is 20.5 Å². The number of hydrogen-bond donors (Lipinski definition) is 0. The van der Waals surface area contributed by atoms with Gasteiger partial charge in [0, 0.05) is 24.4 Å². The summed E-state index contributed by atoms with van der Waals surface area (Å²) in [5, 5.41) is 8.67. The minimum atomic E-state index is -0.228. The molecule has 0 saturated heterocycles. The maximum atomic E-state index is 12.7. The van der Waals surface area contributed by atoms with Gasteiger partial charge in [-0.1, -0.05) is 50.6 Å². The van der Waals surface area contributed by atoms with Crippen molar-refractivity contribution >= 4 is 6.03 Å². The summed E-state index contributed by atoms with van der Waals surface area (Å²) >= 11 is 0. The lowest BCUT2D eigenvalue weighted by molar-refractivity contribution is 0.237. The summed E-state index contributed by atoms with van der Waals surface area (Å²) in [6, 6.07) is 11.8. The van der Waals surface area contributed by atoms with Crippen LogP contribution in [0.2, 0.25) is 0 Å². The summed E-state index contributed by atoms with van der Waals surface area (Å²) in [5.41, 5.74) is 4.39. The number of nitrogens with zero attached hydrogens (tertiary/aromatic N) is 4. The SMILES string of the molecule is CCCc1nn(C(=O)n2cccn2)c(CC)c1Cc1ccccc1.